The zero-order valence-corrected chi connectivity index (χ0v) is 15.5. The third kappa shape index (κ3) is 4.72. The molecule has 2 aromatic rings. The standard InChI is InChI=1S/C19H23N5O3/c1-3-27-19(26)24-12-10-23(11-13-24)18(25)16-8-9-17(22-21-16)20-15-6-4-14(2)5-7-15/h4-9H,3,10-13H2,1-2H3,(H,20,22). The molecule has 2 amide bonds. The molecule has 0 aliphatic carbocycles. The summed E-state index contributed by atoms with van der Waals surface area (Å²) in [6.07, 6.45) is -0.337. The van der Waals surface area contributed by atoms with Gasteiger partial charge in [-0.3, -0.25) is 4.79 Å². The minimum absolute atomic E-state index is 0.187. The van der Waals surface area contributed by atoms with Crippen LogP contribution in [0.2, 0.25) is 0 Å². The highest BCUT2D eigenvalue weighted by Gasteiger charge is 2.26. The molecule has 0 radical (unpaired) electrons. The number of anilines is 2. The number of nitrogens with one attached hydrogen (secondary N) is 1. The number of ether oxygens (including phenoxy) is 1. The van der Waals surface area contributed by atoms with E-state index < -0.39 is 0 Å². The van der Waals surface area contributed by atoms with Crippen molar-refractivity contribution < 1.29 is 14.3 Å². The van der Waals surface area contributed by atoms with Gasteiger partial charge in [0, 0.05) is 31.9 Å². The number of carbonyl (C=O) groups is 2. The Bertz CT molecular complexity index is 784. The van der Waals surface area contributed by atoms with Crippen LogP contribution in [0, 0.1) is 6.92 Å². The summed E-state index contributed by atoms with van der Waals surface area (Å²) in [5.74, 6) is 0.385. The first kappa shape index (κ1) is 18.6. The SMILES string of the molecule is CCOC(=O)N1CCN(C(=O)c2ccc(Nc3ccc(C)cc3)nn2)CC1. The zero-order valence-electron chi connectivity index (χ0n) is 15.5. The molecule has 142 valence electrons. The van der Waals surface area contributed by atoms with Crippen LogP contribution in [-0.4, -0.2) is 64.8 Å². The van der Waals surface area contributed by atoms with Crippen molar-refractivity contribution in [1.82, 2.24) is 20.0 Å². The summed E-state index contributed by atoms with van der Waals surface area (Å²) in [5, 5.41) is 11.3. The zero-order chi connectivity index (χ0) is 19.2. The fourth-order valence-corrected chi connectivity index (χ4v) is 2.77. The number of hydrogen-bond donors (Lipinski definition) is 1. The normalized spacial score (nSPS) is 14.0. The summed E-state index contributed by atoms with van der Waals surface area (Å²) in [6, 6.07) is 11.3. The van der Waals surface area contributed by atoms with E-state index in [4.69, 9.17) is 4.74 Å². The molecule has 1 saturated heterocycles. The third-order valence-corrected chi connectivity index (χ3v) is 4.30. The van der Waals surface area contributed by atoms with Crippen LogP contribution < -0.4 is 5.32 Å². The van der Waals surface area contributed by atoms with Gasteiger partial charge in [-0.25, -0.2) is 4.79 Å². The number of piperazine rings is 1. The second-order valence-electron chi connectivity index (χ2n) is 6.27. The molecule has 1 N–H and O–H groups in total. The first-order chi connectivity index (χ1) is 13.1. The van der Waals surface area contributed by atoms with Gasteiger partial charge in [-0.1, -0.05) is 17.7 Å². The molecule has 0 unspecified atom stereocenters. The minimum Gasteiger partial charge on any atom is -0.450 e. The Hall–Kier alpha value is -3.16. The number of carbonyl (C=O) groups excluding carboxylic acids is 2. The highest BCUT2D eigenvalue weighted by Crippen LogP contribution is 2.15. The number of nitrogens with zero attached hydrogens (tertiary/aromatic N) is 4. The first-order valence-electron chi connectivity index (χ1n) is 8.95. The van der Waals surface area contributed by atoms with Crippen LogP contribution in [0.1, 0.15) is 23.0 Å². The van der Waals surface area contributed by atoms with E-state index in [1.54, 1.807) is 28.9 Å². The molecule has 0 spiro atoms. The Balaban J connectivity index is 1.56. The fraction of sp³-hybridized carbons (Fsp3) is 0.368. The molecule has 8 nitrogen and oxygen atoms in total. The van der Waals surface area contributed by atoms with Gasteiger partial charge in [-0.05, 0) is 38.1 Å². The topological polar surface area (TPSA) is 87.7 Å². The Morgan fingerprint density at radius 3 is 2.26 bits per heavy atom. The average Bonchev–Trinajstić information content (AvgIpc) is 2.70. The molecule has 3 rings (SSSR count). The van der Waals surface area contributed by atoms with Crippen LogP contribution in [0.5, 0.6) is 0 Å². The van der Waals surface area contributed by atoms with Gasteiger partial charge in [0.05, 0.1) is 6.61 Å². The Labute approximate surface area is 158 Å². The molecule has 1 aromatic heterocycles. The largest absolute Gasteiger partial charge is 0.450 e. The van der Waals surface area contributed by atoms with Crippen molar-refractivity contribution in [1.29, 1.82) is 0 Å². The lowest BCUT2D eigenvalue weighted by molar-refractivity contribution is 0.0565. The summed E-state index contributed by atoms with van der Waals surface area (Å²) >= 11 is 0. The summed E-state index contributed by atoms with van der Waals surface area (Å²) in [4.78, 5) is 27.6. The summed E-state index contributed by atoms with van der Waals surface area (Å²) in [6.45, 7) is 5.93. The molecule has 0 atom stereocenters. The molecule has 1 fully saturated rings. The van der Waals surface area contributed by atoms with Gasteiger partial charge in [0.1, 0.15) is 0 Å². The van der Waals surface area contributed by atoms with Gasteiger partial charge in [0.2, 0.25) is 0 Å². The van der Waals surface area contributed by atoms with E-state index in [9.17, 15) is 9.59 Å². The van der Waals surface area contributed by atoms with Crippen LogP contribution in [0.4, 0.5) is 16.3 Å². The second-order valence-corrected chi connectivity index (χ2v) is 6.27. The van der Waals surface area contributed by atoms with Crippen molar-refractivity contribution in [3.8, 4) is 0 Å². The summed E-state index contributed by atoms with van der Waals surface area (Å²) in [7, 11) is 0. The highest BCUT2D eigenvalue weighted by molar-refractivity contribution is 5.92. The summed E-state index contributed by atoms with van der Waals surface area (Å²) in [5.41, 5.74) is 2.37. The van der Waals surface area contributed by atoms with Crippen LogP contribution >= 0.6 is 0 Å². The molecule has 0 saturated carbocycles. The van der Waals surface area contributed by atoms with Crippen LogP contribution in [0.15, 0.2) is 36.4 Å². The van der Waals surface area contributed by atoms with Crippen LogP contribution in [0.3, 0.4) is 0 Å². The maximum atomic E-state index is 12.6. The average molecular weight is 369 g/mol. The van der Waals surface area contributed by atoms with E-state index in [2.05, 4.69) is 15.5 Å². The maximum Gasteiger partial charge on any atom is 0.409 e. The van der Waals surface area contributed by atoms with Crippen molar-refractivity contribution in [3.63, 3.8) is 0 Å². The number of hydrogen-bond acceptors (Lipinski definition) is 6. The van der Waals surface area contributed by atoms with Crippen molar-refractivity contribution in [2.75, 3.05) is 38.1 Å². The predicted octanol–water partition coefficient (Wildman–Crippen LogP) is 2.44. The smallest absolute Gasteiger partial charge is 0.409 e. The minimum atomic E-state index is -0.337. The van der Waals surface area contributed by atoms with Gasteiger partial charge < -0.3 is 19.9 Å². The number of aromatic nitrogens is 2. The molecule has 8 heteroatoms. The third-order valence-electron chi connectivity index (χ3n) is 4.30. The van der Waals surface area contributed by atoms with E-state index >= 15 is 0 Å². The number of rotatable bonds is 4. The fourth-order valence-electron chi connectivity index (χ4n) is 2.77. The van der Waals surface area contributed by atoms with Crippen LogP contribution in [0.25, 0.3) is 0 Å². The molecule has 27 heavy (non-hydrogen) atoms. The Kier molecular flexibility index (Phi) is 5.85. The molecule has 0 bridgehead atoms. The van der Waals surface area contributed by atoms with E-state index in [1.165, 1.54) is 5.56 Å². The quantitative estimate of drug-likeness (QED) is 0.891. The predicted molar refractivity (Wildman–Crippen MR) is 101 cm³/mol. The van der Waals surface area contributed by atoms with Crippen molar-refractivity contribution in [2.45, 2.75) is 13.8 Å². The van der Waals surface area contributed by atoms with Crippen LogP contribution in [-0.2, 0) is 4.74 Å². The van der Waals surface area contributed by atoms with Crippen molar-refractivity contribution in [2.24, 2.45) is 0 Å². The Morgan fingerprint density at radius 2 is 1.67 bits per heavy atom. The second kappa shape index (κ2) is 8.48. The van der Waals surface area contributed by atoms with E-state index in [0.29, 0.717) is 38.6 Å². The number of benzene rings is 1. The van der Waals surface area contributed by atoms with E-state index in [1.807, 2.05) is 31.2 Å². The first-order valence-corrected chi connectivity index (χ1v) is 8.95. The molecule has 2 heterocycles. The van der Waals surface area contributed by atoms with E-state index in [0.717, 1.165) is 5.69 Å². The lowest BCUT2D eigenvalue weighted by atomic mass is 10.2. The van der Waals surface area contributed by atoms with Gasteiger partial charge in [0.25, 0.3) is 5.91 Å². The summed E-state index contributed by atoms with van der Waals surface area (Å²) < 4.78 is 4.98. The lowest BCUT2D eigenvalue weighted by Crippen LogP contribution is -2.50. The van der Waals surface area contributed by atoms with Gasteiger partial charge in [-0.15, -0.1) is 10.2 Å². The lowest BCUT2D eigenvalue weighted by Gasteiger charge is -2.33. The maximum absolute atomic E-state index is 12.6. The van der Waals surface area contributed by atoms with Crippen molar-refractivity contribution >= 4 is 23.5 Å². The number of amides is 2. The Morgan fingerprint density at radius 1 is 1.00 bits per heavy atom. The molecular formula is C19H23N5O3. The molecular weight excluding hydrogens is 346 g/mol. The van der Waals surface area contributed by atoms with Gasteiger partial charge in [-0.2, -0.15) is 0 Å². The van der Waals surface area contributed by atoms with Gasteiger partial charge in [0.15, 0.2) is 11.5 Å². The monoisotopic (exact) mass is 369 g/mol. The molecule has 1 aromatic carbocycles. The van der Waals surface area contributed by atoms with E-state index in [-0.39, 0.29) is 17.7 Å². The molecule has 1 aliphatic rings. The van der Waals surface area contributed by atoms with Gasteiger partial charge >= 0.3 is 6.09 Å². The number of aryl methyl sites for hydroxylation is 1. The van der Waals surface area contributed by atoms with Crippen molar-refractivity contribution in [3.05, 3.63) is 47.7 Å². The molecule has 1 aliphatic heterocycles. The highest BCUT2D eigenvalue weighted by atomic mass is 16.6.